The van der Waals surface area contributed by atoms with Crippen LogP contribution in [-0.4, -0.2) is 23.2 Å². The maximum Gasteiger partial charge on any atom is 0.168 e. The van der Waals surface area contributed by atoms with Gasteiger partial charge in [-0.3, -0.25) is 4.99 Å². The number of thioether (sulfide) groups is 1. The van der Waals surface area contributed by atoms with Crippen molar-refractivity contribution in [1.82, 2.24) is 4.90 Å². The van der Waals surface area contributed by atoms with Crippen LogP contribution in [0.15, 0.2) is 34.0 Å². The highest BCUT2D eigenvalue weighted by molar-refractivity contribution is 8.93. The van der Waals surface area contributed by atoms with Gasteiger partial charge in [-0.1, -0.05) is 23.4 Å². The van der Waals surface area contributed by atoms with Crippen molar-refractivity contribution in [3.8, 4) is 0 Å². The minimum absolute atomic E-state index is 0. The molecule has 0 atom stereocenters. The molecule has 6 heteroatoms. The first-order valence-electron chi connectivity index (χ1n) is 5.69. The average molecular weight is 374 g/mol. The molecule has 98 valence electrons. The highest BCUT2D eigenvalue weighted by Crippen LogP contribution is 2.40. The van der Waals surface area contributed by atoms with Gasteiger partial charge < -0.3 is 4.90 Å². The zero-order valence-electron chi connectivity index (χ0n) is 9.80. The second kappa shape index (κ2) is 5.13. The normalized spacial score (nSPS) is 17.2. The molecule has 1 aromatic carbocycles. The monoisotopic (exact) mass is 372 g/mol. The van der Waals surface area contributed by atoms with Crippen LogP contribution in [0.25, 0.3) is 15.8 Å². The molecule has 0 spiro atoms. The molecule has 0 fully saturated rings. The summed E-state index contributed by atoms with van der Waals surface area (Å²) in [6.45, 7) is 1.90. The molecule has 0 aliphatic carbocycles. The van der Waals surface area contributed by atoms with Crippen LogP contribution in [0.5, 0.6) is 0 Å². The zero-order valence-corrected chi connectivity index (χ0v) is 13.9. The third kappa shape index (κ3) is 2.13. The van der Waals surface area contributed by atoms with E-state index in [1.807, 2.05) is 6.07 Å². The Bertz CT molecular complexity index is 708. The molecule has 0 bridgehead atoms. The van der Waals surface area contributed by atoms with E-state index in [2.05, 4.69) is 32.8 Å². The predicted molar refractivity (Wildman–Crippen MR) is 91.7 cm³/mol. The lowest BCUT2D eigenvalue weighted by Crippen LogP contribution is -2.19. The van der Waals surface area contributed by atoms with E-state index in [0.29, 0.717) is 0 Å². The fourth-order valence-electron chi connectivity index (χ4n) is 2.33. The molecule has 2 aromatic rings. The van der Waals surface area contributed by atoms with Crippen molar-refractivity contribution >= 4 is 72.6 Å². The second-order valence-corrected chi connectivity index (χ2v) is 6.41. The summed E-state index contributed by atoms with van der Waals surface area (Å²) >= 11 is 9.59. The quantitative estimate of drug-likeness (QED) is 0.710. The number of benzene rings is 1. The zero-order chi connectivity index (χ0) is 12.1. The Labute approximate surface area is 134 Å². The van der Waals surface area contributed by atoms with Gasteiger partial charge in [-0.05, 0) is 18.2 Å². The van der Waals surface area contributed by atoms with Crippen LogP contribution in [0.2, 0.25) is 5.02 Å². The first-order valence-corrected chi connectivity index (χ1v) is 7.82. The van der Waals surface area contributed by atoms with Crippen LogP contribution in [0, 0.1) is 0 Å². The third-order valence-corrected chi connectivity index (χ3v) is 5.28. The fraction of sp³-hybridized carbons (Fsp3) is 0.154. The van der Waals surface area contributed by atoms with E-state index in [1.165, 1.54) is 21.3 Å². The van der Waals surface area contributed by atoms with Crippen LogP contribution < -0.4 is 0 Å². The van der Waals surface area contributed by atoms with Crippen LogP contribution in [0.3, 0.4) is 0 Å². The van der Waals surface area contributed by atoms with Crippen LogP contribution in [0.1, 0.15) is 5.56 Å². The Morgan fingerprint density at radius 3 is 3.11 bits per heavy atom. The number of thiophene rings is 1. The molecule has 0 N–H and O–H groups in total. The van der Waals surface area contributed by atoms with E-state index in [0.717, 1.165) is 23.3 Å². The number of hydrogen-bond acceptors (Lipinski definition) is 4. The lowest BCUT2D eigenvalue weighted by molar-refractivity contribution is 0.651. The van der Waals surface area contributed by atoms with Crippen molar-refractivity contribution in [3.05, 3.63) is 39.6 Å². The summed E-state index contributed by atoms with van der Waals surface area (Å²) < 4.78 is 1.28. The number of fused-ring (bicyclic) bond motifs is 2. The van der Waals surface area contributed by atoms with Gasteiger partial charge >= 0.3 is 0 Å². The molecule has 19 heavy (non-hydrogen) atoms. The number of amidine groups is 1. The Morgan fingerprint density at radius 2 is 2.21 bits per heavy atom. The molecule has 0 unspecified atom stereocenters. The van der Waals surface area contributed by atoms with Gasteiger partial charge in [0.25, 0.3) is 0 Å². The Balaban J connectivity index is 0.00000110. The van der Waals surface area contributed by atoms with Crippen molar-refractivity contribution in [2.24, 2.45) is 4.99 Å². The Hall–Kier alpha value is -0.490. The highest BCUT2D eigenvalue weighted by Gasteiger charge is 2.28. The summed E-state index contributed by atoms with van der Waals surface area (Å²) in [6, 6.07) is 6.09. The summed E-state index contributed by atoms with van der Waals surface area (Å²) in [5.74, 6) is 0. The van der Waals surface area contributed by atoms with Gasteiger partial charge in [0.05, 0.1) is 12.2 Å². The molecule has 0 saturated carbocycles. The van der Waals surface area contributed by atoms with E-state index in [4.69, 9.17) is 11.6 Å². The van der Waals surface area contributed by atoms with Gasteiger partial charge in [0.1, 0.15) is 0 Å². The summed E-state index contributed by atoms with van der Waals surface area (Å²) in [6.07, 6.45) is 0. The summed E-state index contributed by atoms with van der Waals surface area (Å²) in [4.78, 5) is 6.78. The van der Waals surface area contributed by atoms with Crippen LogP contribution in [-0.2, 0) is 0 Å². The maximum absolute atomic E-state index is 6.11. The van der Waals surface area contributed by atoms with E-state index in [-0.39, 0.29) is 17.0 Å². The van der Waals surface area contributed by atoms with Gasteiger partial charge in [0.15, 0.2) is 5.17 Å². The van der Waals surface area contributed by atoms with Crippen molar-refractivity contribution in [1.29, 1.82) is 0 Å². The molecule has 2 nitrogen and oxygen atoms in total. The predicted octanol–water partition coefficient (Wildman–Crippen LogP) is 4.85. The molecule has 0 saturated heterocycles. The summed E-state index contributed by atoms with van der Waals surface area (Å²) in [5, 5.41) is 7.58. The second-order valence-electron chi connectivity index (χ2n) is 4.23. The van der Waals surface area contributed by atoms with Crippen LogP contribution >= 0.6 is 51.7 Å². The number of nitrogens with zero attached hydrogens (tertiary/aromatic N) is 2. The van der Waals surface area contributed by atoms with E-state index in [9.17, 15) is 0 Å². The summed E-state index contributed by atoms with van der Waals surface area (Å²) in [7, 11) is 0. The topological polar surface area (TPSA) is 15.6 Å². The molecular formula is C13H10BrClN2S2. The molecule has 0 amide bonds. The van der Waals surface area contributed by atoms with Crippen molar-refractivity contribution < 1.29 is 0 Å². The molecule has 2 aliphatic rings. The van der Waals surface area contributed by atoms with Gasteiger partial charge in [0.2, 0.25) is 0 Å². The number of hydrogen-bond donors (Lipinski definition) is 0. The number of halogens is 2. The summed E-state index contributed by atoms with van der Waals surface area (Å²) in [5.41, 5.74) is 2.54. The molecular weight excluding hydrogens is 364 g/mol. The highest BCUT2D eigenvalue weighted by atomic mass is 79.9. The number of aliphatic imine (C=N–C) groups is 1. The molecule has 0 radical (unpaired) electrons. The molecule has 2 aliphatic heterocycles. The third-order valence-electron chi connectivity index (χ3n) is 3.18. The first kappa shape index (κ1) is 13.5. The largest absolute Gasteiger partial charge is 0.318 e. The van der Waals surface area contributed by atoms with Gasteiger partial charge in [-0.2, -0.15) is 0 Å². The van der Waals surface area contributed by atoms with E-state index < -0.39 is 0 Å². The first-order chi connectivity index (χ1) is 8.83. The fourth-order valence-corrected chi connectivity index (χ4v) is 4.39. The van der Waals surface area contributed by atoms with Crippen molar-refractivity contribution in [2.45, 2.75) is 0 Å². The smallest absolute Gasteiger partial charge is 0.168 e. The average Bonchev–Trinajstić information content (AvgIpc) is 3.01. The van der Waals surface area contributed by atoms with Gasteiger partial charge in [-0.15, -0.1) is 28.3 Å². The van der Waals surface area contributed by atoms with E-state index >= 15 is 0 Å². The SMILES string of the molecule is Br.Clc1ccc2scc(C3=CSC4=NCCN34)c2c1. The Morgan fingerprint density at radius 1 is 1.32 bits per heavy atom. The van der Waals surface area contributed by atoms with Crippen molar-refractivity contribution in [2.75, 3.05) is 13.1 Å². The van der Waals surface area contributed by atoms with Crippen LogP contribution in [0.4, 0.5) is 0 Å². The molecule has 4 rings (SSSR count). The Kier molecular flexibility index (Phi) is 3.64. The standard InChI is InChI=1S/C13H9ClN2S2.BrH/c14-8-1-2-12-9(5-8)10(6-17-12)11-7-18-13-15-3-4-16(11)13;/h1-2,5-7H,3-4H2;1H. The minimum Gasteiger partial charge on any atom is -0.318 e. The molecule has 1 aromatic heterocycles. The lowest BCUT2D eigenvalue weighted by atomic mass is 10.1. The number of rotatable bonds is 1. The van der Waals surface area contributed by atoms with E-state index in [1.54, 1.807) is 23.1 Å². The van der Waals surface area contributed by atoms with Crippen molar-refractivity contribution in [3.63, 3.8) is 0 Å². The van der Waals surface area contributed by atoms with Gasteiger partial charge in [-0.25, -0.2) is 0 Å². The maximum atomic E-state index is 6.11. The minimum atomic E-state index is 0. The molecule has 3 heterocycles. The lowest BCUT2D eigenvalue weighted by Gasteiger charge is -2.15. The van der Waals surface area contributed by atoms with Gasteiger partial charge in [0, 0.05) is 38.0 Å².